The Balaban J connectivity index is 2.44. The molecule has 0 fully saturated rings. The van der Waals surface area contributed by atoms with Crippen molar-refractivity contribution in [2.24, 2.45) is 5.10 Å². The van der Waals surface area contributed by atoms with Crippen molar-refractivity contribution < 1.29 is 4.59 Å². The molecule has 0 spiro atoms. The summed E-state index contributed by atoms with van der Waals surface area (Å²) in [4.78, 5) is 0. The zero-order valence-electron chi connectivity index (χ0n) is 12.6. The summed E-state index contributed by atoms with van der Waals surface area (Å²) in [5, 5.41) is 7.36. The molecule has 2 aromatic carbocycles. The molecule has 0 aliphatic carbocycles. The predicted octanol–water partition coefficient (Wildman–Crippen LogP) is 4.22. The minimum absolute atomic E-state index is 0.583. The fraction of sp³-hybridized carbons (Fsp3) is 0.278. The maximum atomic E-state index is 4.83. The summed E-state index contributed by atoms with van der Waals surface area (Å²) < 4.78 is 0.583. The highest BCUT2D eigenvalue weighted by Crippen LogP contribution is 2.18. The van der Waals surface area contributed by atoms with Crippen molar-refractivity contribution in [2.45, 2.75) is 12.8 Å². The SMILES string of the molecule is C=CCC/C(=N\[N+](C)(C)C)c1ccc2ccccc2c1. The van der Waals surface area contributed by atoms with Gasteiger partial charge in [-0.1, -0.05) is 47.6 Å². The van der Waals surface area contributed by atoms with Gasteiger partial charge in [-0.15, -0.1) is 6.58 Å². The minimum Gasteiger partial charge on any atom is -0.205 e. The molecule has 2 heteroatoms. The van der Waals surface area contributed by atoms with Crippen LogP contribution in [0.5, 0.6) is 0 Å². The van der Waals surface area contributed by atoms with Crippen molar-refractivity contribution in [2.75, 3.05) is 21.1 Å². The van der Waals surface area contributed by atoms with Gasteiger partial charge in [0.1, 0.15) is 5.71 Å². The van der Waals surface area contributed by atoms with Crippen molar-refractivity contribution in [1.82, 2.24) is 0 Å². The highest BCUT2D eigenvalue weighted by atomic mass is 15.6. The van der Waals surface area contributed by atoms with Gasteiger partial charge in [0.05, 0.1) is 21.1 Å². The summed E-state index contributed by atoms with van der Waals surface area (Å²) in [7, 11) is 6.23. The van der Waals surface area contributed by atoms with Gasteiger partial charge in [-0.25, -0.2) is 4.59 Å². The summed E-state index contributed by atoms with van der Waals surface area (Å²) >= 11 is 0. The number of hydrogen-bond donors (Lipinski definition) is 0. The number of quaternary nitrogens is 1. The molecule has 0 heterocycles. The molecule has 0 aliphatic rings. The highest BCUT2D eigenvalue weighted by molar-refractivity contribution is 6.03. The first-order valence-electron chi connectivity index (χ1n) is 7.00. The summed E-state index contributed by atoms with van der Waals surface area (Å²) in [5.74, 6) is 0. The first kappa shape index (κ1) is 14.5. The normalized spacial score (nSPS) is 12.7. The molecular formula is C18H23N2+. The molecular weight excluding hydrogens is 244 g/mol. The van der Waals surface area contributed by atoms with E-state index in [2.05, 4.69) is 70.2 Å². The third kappa shape index (κ3) is 3.78. The Morgan fingerprint density at radius 1 is 1.10 bits per heavy atom. The second-order valence-corrected chi connectivity index (χ2v) is 5.88. The zero-order chi connectivity index (χ0) is 14.6. The molecule has 0 aliphatic heterocycles. The maximum absolute atomic E-state index is 4.83. The Kier molecular flexibility index (Phi) is 4.35. The molecule has 2 aromatic rings. The van der Waals surface area contributed by atoms with Crippen LogP contribution in [-0.4, -0.2) is 31.4 Å². The standard InChI is InChI=1S/C18H23N2/c1-5-6-11-18(19-20(2,3)4)17-13-12-15-9-7-8-10-16(15)14-17/h5,7-10,12-14H,1,6,11H2,2-4H3/q+1/b19-18+. The van der Waals surface area contributed by atoms with Crippen molar-refractivity contribution in [3.05, 3.63) is 60.7 Å². The topological polar surface area (TPSA) is 12.4 Å². The van der Waals surface area contributed by atoms with Crippen LogP contribution in [0.4, 0.5) is 0 Å². The van der Waals surface area contributed by atoms with Crippen molar-refractivity contribution in [3.63, 3.8) is 0 Å². The van der Waals surface area contributed by atoms with E-state index in [-0.39, 0.29) is 0 Å². The largest absolute Gasteiger partial charge is 0.205 e. The van der Waals surface area contributed by atoms with Crippen LogP contribution in [0.25, 0.3) is 10.8 Å². The Hall–Kier alpha value is -1.93. The molecule has 0 bridgehead atoms. The van der Waals surface area contributed by atoms with Gasteiger partial charge in [-0.2, -0.15) is 0 Å². The van der Waals surface area contributed by atoms with Crippen molar-refractivity contribution in [3.8, 4) is 0 Å². The quantitative estimate of drug-likeness (QED) is 0.333. The molecule has 20 heavy (non-hydrogen) atoms. The van der Waals surface area contributed by atoms with Crippen LogP contribution in [0.15, 0.2) is 60.2 Å². The van der Waals surface area contributed by atoms with Gasteiger partial charge in [0, 0.05) is 5.56 Å². The lowest BCUT2D eigenvalue weighted by molar-refractivity contribution is -0.877. The Bertz CT molecular complexity index is 633. The van der Waals surface area contributed by atoms with Crippen LogP contribution in [0, 0.1) is 0 Å². The van der Waals surface area contributed by atoms with Crippen LogP contribution in [0.2, 0.25) is 0 Å². The van der Waals surface area contributed by atoms with E-state index in [1.54, 1.807) is 0 Å². The lowest BCUT2D eigenvalue weighted by Gasteiger charge is -2.18. The van der Waals surface area contributed by atoms with Gasteiger partial charge in [0.2, 0.25) is 0 Å². The van der Waals surface area contributed by atoms with Gasteiger partial charge >= 0.3 is 0 Å². The van der Waals surface area contributed by atoms with Gasteiger partial charge in [-0.3, -0.25) is 0 Å². The number of hydrogen-bond acceptors (Lipinski definition) is 1. The predicted molar refractivity (Wildman–Crippen MR) is 87.9 cm³/mol. The van der Waals surface area contributed by atoms with E-state index in [1.807, 2.05) is 6.08 Å². The maximum Gasteiger partial charge on any atom is 0.103 e. The van der Waals surface area contributed by atoms with E-state index in [0.29, 0.717) is 4.59 Å². The monoisotopic (exact) mass is 267 g/mol. The average molecular weight is 267 g/mol. The van der Waals surface area contributed by atoms with Crippen LogP contribution >= 0.6 is 0 Å². The highest BCUT2D eigenvalue weighted by Gasteiger charge is 2.11. The summed E-state index contributed by atoms with van der Waals surface area (Å²) in [6, 6.07) is 15.0. The van der Waals surface area contributed by atoms with E-state index in [4.69, 9.17) is 5.10 Å². The fourth-order valence-corrected chi connectivity index (χ4v) is 2.22. The molecule has 0 N–H and O–H groups in total. The van der Waals surface area contributed by atoms with Crippen LogP contribution in [0.3, 0.4) is 0 Å². The summed E-state index contributed by atoms with van der Waals surface area (Å²) in [6.07, 6.45) is 3.83. The van der Waals surface area contributed by atoms with Crippen LogP contribution in [-0.2, 0) is 0 Å². The number of fused-ring (bicyclic) bond motifs is 1. The number of nitrogens with zero attached hydrogens (tertiary/aromatic N) is 2. The molecule has 0 aromatic heterocycles. The molecule has 2 rings (SSSR count). The molecule has 0 radical (unpaired) electrons. The van der Waals surface area contributed by atoms with Crippen LogP contribution < -0.4 is 0 Å². The smallest absolute Gasteiger partial charge is 0.103 e. The Labute approximate surface area is 121 Å². The van der Waals surface area contributed by atoms with E-state index in [9.17, 15) is 0 Å². The lowest BCUT2D eigenvalue weighted by Crippen LogP contribution is -2.29. The second-order valence-electron chi connectivity index (χ2n) is 5.88. The first-order valence-corrected chi connectivity index (χ1v) is 7.00. The molecule has 0 unspecified atom stereocenters. The average Bonchev–Trinajstić information content (AvgIpc) is 2.41. The molecule has 104 valence electrons. The van der Waals surface area contributed by atoms with E-state index in [1.165, 1.54) is 16.3 Å². The van der Waals surface area contributed by atoms with Gasteiger partial charge in [-0.05, 0) is 29.7 Å². The molecule has 0 atom stereocenters. The van der Waals surface area contributed by atoms with Crippen molar-refractivity contribution in [1.29, 1.82) is 0 Å². The van der Waals surface area contributed by atoms with E-state index < -0.39 is 0 Å². The fourth-order valence-electron chi connectivity index (χ4n) is 2.22. The molecule has 0 saturated carbocycles. The van der Waals surface area contributed by atoms with Gasteiger partial charge in [0.15, 0.2) is 0 Å². The summed E-state index contributed by atoms with van der Waals surface area (Å²) in [5.41, 5.74) is 2.35. The number of rotatable bonds is 5. The van der Waals surface area contributed by atoms with Gasteiger partial charge in [0.25, 0.3) is 0 Å². The zero-order valence-corrected chi connectivity index (χ0v) is 12.6. The third-order valence-corrected chi connectivity index (χ3v) is 3.09. The number of benzene rings is 2. The second kappa shape index (κ2) is 6.02. The van der Waals surface area contributed by atoms with E-state index >= 15 is 0 Å². The van der Waals surface area contributed by atoms with Gasteiger partial charge < -0.3 is 0 Å². The molecule has 2 nitrogen and oxygen atoms in total. The van der Waals surface area contributed by atoms with E-state index in [0.717, 1.165) is 18.6 Å². The lowest BCUT2D eigenvalue weighted by atomic mass is 10.0. The molecule has 0 amide bonds. The Morgan fingerprint density at radius 3 is 2.45 bits per heavy atom. The minimum atomic E-state index is 0.583. The summed E-state index contributed by atoms with van der Waals surface area (Å²) in [6.45, 7) is 3.81. The first-order chi connectivity index (χ1) is 9.49. The number of allylic oxidation sites excluding steroid dienone is 1. The Morgan fingerprint density at radius 2 is 1.80 bits per heavy atom. The van der Waals surface area contributed by atoms with Crippen molar-refractivity contribution >= 4 is 16.5 Å². The molecule has 0 saturated heterocycles. The van der Waals surface area contributed by atoms with Crippen LogP contribution in [0.1, 0.15) is 18.4 Å². The third-order valence-electron chi connectivity index (χ3n) is 3.09.